The number of nitrogens with one attached hydrogen (secondary N) is 1. The van der Waals surface area contributed by atoms with Gasteiger partial charge in [-0.1, -0.05) is 0 Å². The zero-order valence-corrected chi connectivity index (χ0v) is 13.8. The Bertz CT molecular complexity index is 728. The number of hydrogen-bond acceptors (Lipinski definition) is 6. The number of non-ortho nitro benzene ring substituents is 1. The van der Waals surface area contributed by atoms with Gasteiger partial charge in [0, 0.05) is 38.2 Å². The molecule has 2 N–H and O–H groups in total. The van der Waals surface area contributed by atoms with Gasteiger partial charge >= 0.3 is 5.97 Å². The first-order valence-electron chi connectivity index (χ1n) is 7.56. The summed E-state index contributed by atoms with van der Waals surface area (Å²) in [6.07, 6.45) is 1.79. The van der Waals surface area contributed by atoms with Crippen LogP contribution in [0.2, 0.25) is 0 Å². The van der Waals surface area contributed by atoms with Crippen LogP contribution in [-0.4, -0.2) is 48.4 Å². The standard InChI is InChI=1S/C14H19N3O6S/c18-14(19)4-3-7-15-12-6-5-11(17(20)21)10-13(12)24(22,23)16-8-1-2-9-16/h5-6,10,15H,1-4,7-9H2,(H,18,19). The number of carboxylic acid groups (broad SMARTS) is 1. The van der Waals surface area contributed by atoms with Crippen molar-refractivity contribution in [2.24, 2.45) is 0 Å². The third-order valence-electron chi connectivity index (χ3n) is 3.74. The van der Waals surface area contributed by atoms with Crippen LogP contribution in [0.25, 0.3) is 0 Å². The maximum Gasteiger partial charge on any atom is 0.303 e. The Morgan fingerprint density at radius 3 is 2.58 bits per heavy atom. The Hall–Kier alpha value is -2.20. The second kappa shape index (κ2) is 7.58. The van der Waals surface area contributed by atoms with Gasteiger partial charge in [0.15, 0.2) is 0 Å². The zero-order valence-electron chi connectivity index (χ0n) is 13.0. The second-order valence-electron chi connectivity index (χ2n) is 5.47. The van der Waals surface area contributed by atoms with E-state index in [0.717, 1.165) is 18.9 Å². The summed E-state index contributed by atoms with van der Waals surface area (Å²) >= 11 is 0. The molecular weight excluding hydrogens is 338 g/mol. The van der Waals surface area contributed by atoms with E-state index in [9.17, 15) is 23.3 Å². The Morgan fingerprint density at radius 1 is 1.33 bits per heavy atom. The molecule has 1 aromatic carbocycles. The predicted octanol–water partition coefficient (Wildman–Crippen LogP) is 1.66. The topological polar surface area (TPSA) is 130 Å². The largest absolute Gasteiger partial charge is 0.481 e. The highest BCUT2D eigenvalue weighted by atomic mass is 32.2. The molecule has 10 heteroatoms. The van der Waals surface area contributed by atoms with Crippen LogP contribution in [-0.2, 0) is 14.8 Å². The van der Waals surface area contributed by atoms with Crippen LogP contribution in [0.5, 0.6) is 0 Å². The summed E-state index contributed by atoms with van der Waals surface area (Å²) in [6.45, 7) is 1.04. The molecule has 0 radical (unpaired) electrons. The number of benzene rings is 1. The average Bonchev–Trinajstić information content (AvgIpc) is 3.06. The predicted molar refractivity (Wildman–Crippen MR) is 86.4 cm³/mol. The van der Waals surface area contributed by atoms with Crippen LogP contribution >= 0.6 is 0 Å². The Morgan fingerprint density at radius 2 is 2.00 bits per heavy atom. The molecule has 0 bridgehead atoms. The molecule has 1 aliphatic heterocycles. The third kappa shape index (κ3) is 4.20. The molecule has 2 rings (SSSR count). The molecule has 1 heterocycles. The average molecular weight is 357 g/mol. The van der Waals surface area contributed by atoms with Crippen LogP contribution in [0, 0.1) is 10.1 Å². The molecule has 0 atom stereocenters. The molecule has 132 valence electrons. The van der Waals surface area contributed by atoms with E-state index in [2.05, 4.69) is 5.32 Å². The Kier molecular flexibility index (Phi) is 5.73. The van der Waals surface area contributed by atoms with Gasteiger partial charge < -0.3 is 10.4 Å². The fraction of sp³-hybridized carbons (Fsp3) is 0.500. The summed E-state index contributed by atoms with van der Waals surface area (Å²) in [5.74, 6) is -0.939. The number of sulfonamides is 1. The maximum atomic E-state index is 12.7. The van der Waals surface area contributed by atoms with Crippen molar-refractivity contribution in [3.63, 3.8) is 0 Å². The number of carbonyl (C=O) groups is 1. The molecule has 0 aliphatic carbocycles. The number of rotatable bonds is 8. The lowest BCUT2D eigenvalue weighted by atomic mass is 10.2. The van der Waals surface area contributed by atoms with Crippen molar-refractivity contribution in [2.75, 3.05) is 25.0 Å². The first-order valence-corrected chi connectivity index (χ1v) is 9.00. The molecule has 0 saturated carbocycles. The fourth-order valence-corrected chi connectivity index (χ4v) is 4.22. The summed E-state index contributed by atoms with van der Waals surface area (Å²) in [5.41, 5.74) is -0.0539. The number of nitrogens with zero attached hydrogens (tertiary/aromatic N) is 2. The van der Waals surface area contributed by atoms with Crippen molar-refractivity contribution in [1.82, 2.24) is 4.31 Å². The summed E-state index contributed by atoms with van der Waals surface area (Å²) < 4.78 is 26.8. The van der Waals surface area contributed by atoms with Crippen LogP contribution in [0.1, 0.15) is 25.7 Å². The van der Waals surface area contributed by atoms with Gasteiger partial charge in [0.05, 0.1) is 10.6 Å². The van der Waals surface area contributed by atoms with Crippen molar-refractivity contribution >= 4 is 27.4 Å². The Labute approximate surface area is 139 Å². The van der Waals surface area contributed by atoms with Crippen LogP contribution in [0.4, 0.5) is 11.4 Å². The molecule has 0 aromatic heterocycles. The summed E-state index contributed by atoms with van der Waals surface area (Å²) in [5, 5.41) is 22.5. The van der Waals surface area contributed by atoms with Crippen molar-refractivity contribution in [1.29, 1.82) is 0 Å². The Balaban J connectivity index is 2.29. The zero-order chi connectivity index (χ0) is 17.7. The minimum Gasteiger partial charge on any atom is -0.481 e. The highest BCUT2D eigenvalue weighted by Crippen LogP contribution is 2.30. The van der Waals surface area contributed by atoms with E-state index in [1.165, 1.54) is 16.4 Å². The van der Waals surface area contributed by atoms with Crippen LogP contribution in [0.3, 0.4) is 0 Å². The second-order valence-corrected chi connectivity index (χ2v) is 7.38. The SMILES string of the molecule is O=C(O)CCCNc1ccc([N+](=O)[O-])cc1S(=O)(=O)N1CCCC1. The molecular formula is C14H19N3O6S. The smallest absolute Gasteiger partial charge is 0.303 e. The highest BCUT2D eigenvalue weighted by Gasteiger charge is 2.30. The molecule has 1 saturated heterocycles. The van der Waals surface area contributed by atoms with Gasteiger partial charge in [0.2, 0.25) is 10.0 Å². The molecule has 1 aromatic rings. The van der Waals surface area contributed by atoms with Gasteiger partial charge in [-0.15, -0.1) is 0 Å². The number of carboxylic acids is 1. The van der Waals surface area contributed by atoms with Crippen LogP contribution < -0.4 is 5.32 Å². The van der Waals surface area contributed by atoms with E-state index in [1.54, 1.807) is 0 Å². The van der Waals surface area contributed by atoms with Gasteiger partial charge in [-0.05, 0) is 25.3 Å². The van der Waals surface area contributed by atoms with E-state index in [-0.39, 0.29) is 29.2 Å². The van der Waals surface area contributed by atoms with Gasteiger partial charge in [-0.3, -0.25) is 14.9 Å². The fourth-order valence-electron chi connectivity index (χ4n) is 2.51. The number of aliphatic carboxylic acids is 1. The van der Waals surface area contributed by atoms with Crippen molar-refractivity contribution < 1.29 is 23.2 Å². The lowest BCUT2D eigenvalue weighted by Gasteiger charge is -2.18. The van der Waals surface area contributed by atoms with E-state index in [1.807, 2.05) is 0 Å². The number of nitro benzene ring substituents is 1. The minimum atomic E-state index is -3.83. The quantitative estimate of drug-likeness (QED) is 0.411. The molecule has 24 heavy (non-hydrogen) atoms. The number of hydrogen-bond donors (Lipinski definition) is 2. The van der Waals surface area contributed by atoms with E-state index in [0.29, 0.717) is 19.5 Å². The van der Waals surface area contributed by atoms with Crippen molar-refractivity contribution in [3.8, 4) is 0 Å². The summed E-state index contributed by atoms with van der Waals surface area (Å²) in [7, 11) is -3.83. The van der Waals surface area contributed by atoms with Gasteiger partial charge in [-0.25, -0.2) is 8.42 Å². The van der Waals surface area contributed by atoms with E-state index in [4.69, 9.17) is 5.11 Å². The van der Waals surface area contributed by atoms with Crippen LogP contribution in [0.15, 0.2) is 23.1 Å². The molecule has 0 unspecified atom stereocenters. The maximum absolute atomic E-state index is 12.7. The molecule has 0 amide bonds. The van der Waals surface area contributed by atoms with Gasteiger partial charge in [-0.2, -0.15) is 4.31 Å². The summed E-state index contributed by atoms with van der Waals surface area (Å²) in [4.78, 5) is 20.7. The minimum absolute atomic E-state index is 0.0474. The first-order chi connectivity index (χ1) is 11.3. The monoisotopic (exact) mass is 357 g/mol. The van der Waals surface area contributed by atoms with E-state index < -0.39 is 20.9 Å². The lowest BCUT2D eigenvalue weighted by Crippen LogP contribution is -2.28. The highest BCUT2D eigenvalue weighted by molar-refractivity contribution is 7.89. The lowest BCUT2D eigenvalue weighted by molar-refractivity contribution is -0.385. The first kappa shape index (κ1) is 18.1. The molecule has 1 aliphatic rings. The summed E-state index contributed by atoms with van der Waals surface area (Å²) in [6, 6.07) is 3.62. The molecule has 9 nitrogen and oxygen atoms in total. The molecule has 1 fully saturated rings. The molecule has 0 spiro atoms. The van der Waals surface area contributed by atoms with Gasteiger partial charge in [0.1, 0.15) is 4.90 Å². The van der Waals surface area contributed by atoms with E-state index >= 15 is 0 Å². The van der Waals surface area contributed by atoms with Gasteiger partial charge in [0.25, 0.3) is 5.69 Å². The van der Waals surface area contributed by atoms with Crippen molar-refractivity contribution in [2.45, 2.75) is 30.6 Å². The number of anilines is 1. The third-order valence-corrected chi connectivity index (χ3v) is 5.68. The van der Waals surface area contributed by atoms with Crippen molar-refractivity contribution in [3.05, 3.63) is 28.3 Å². The number of nitro groups is 1. The normalized spacial score (nSPS) is 15.3.